The minimum atomic E-state index is 0.0155. The van der Waals surface area contributed by atoms with Gasteiger partial charge in [0.05, 0.1) is 5.71 Å². The van der Waals surface area contributed by atoms with Crippen molar-refractivity contribution in [1.29, 1.82) is 0 Å². The standard InChI is InChI=1S/C52H61N/c1-4-37-20-17-29-46(37)50-34-47(36(3)51(53-50)38-18-7-5-8-19-38)41-23-15-21-39(32-41)40-22-16-26-43(33-40)52(42-24-9-6-10-25-42)48-30-13-11-27-44(48)35(2)45-28-12-14-31-49(45)52/h7,9,11,16,18-19,21,24,26-29,32-35,37,40,42,49,51H,3-6,8,10,12-15,17,20,22-23,25,30-31H2,1-2H3. The summed E-state index contributed by atoms with van der Waals surface area (Å²) in [5.74, 6) is 2.74. The lowest BCUT2D eigenvalue weighted by Gasteiger charge is -2.57. The average Bonchev–Trinajstić information content (AvgIpc) is 3.71. The molecule has 1 heteroatoms. The number of hydrogen-bond donors (Lipinski definition) is 0. The van der Waals surface area contributed by atoms with E-state index in [-0.39, 0.29) is 11.5 Å². The van der Waals surface area contributed by atoms with Crippen LogP contribution in [0.15, 0.2) is 158 Å². The molecule has 0 amide bonds. The Balaban J connectivity index is 1.12. The molecule has 53 heavy (non-hydrogen) atoms. The van der Waals surface area contributed by atoms with Crippen LogP contribution in [0.4, 0.5) is 0 Å². The molecular formula is C52H61N. The molecule has 0 fully saturated rings. The van der Waals surface area contributed by atoms with Gasteiger partial charge in [0.15, 0.2) is 0 Å². The molecule has 8 aliphatic carbocycles. The molecule has 0 saturated carbocycles. The van der Waals surface area contributed by atoms with Gasteiger partial charge in [0.25, 0.3) is 0 Å². The number of allylic oxidation sites excluding steroid dienone is 21. The number of hydrogen-bond acceptors (Lipinski definition) is 1. The largest absolute Gasteiger partial charge is 0.272 e. The summed E-state index contributed by atoms with van der Waals surface area (Å²) in [6.07, 6.45) is 57.2. The molecule has 9 rings (SSSR count). The van der Waals surface area contributed by atoms with E-state index >= 15 is 0 Å². The summed E-state index contributed by atoms with van der Waals surface area (Å²) in [6, 6.07) is 0.0155. The van der Waals surface area contributed by atoms with Gasteiger partial charge in [-0.1, -0.05) is 117 Å². The zero-order valence-electron chi connectivity index (χ0n) is 32.6. The van der Waals surface area contributed by atoms with Crippen LogP contribution in [0.5, 0.6) is 0 Å². The van der Waals surface area contributed by atoms with Gasteiger partial charge in [-0.15, -0.1) is 0 Å². The molecule has 0 saturated heterocycles. The van der Waals surface area contributed by atoms with Crippen molar-refractivity contribution in [3.63, 3.8) is 0 Å². The summed E-state index contributed by atoms with van der Waals surface area (Å²) in [4.78, 5) is 5.48. The second kappa shape index (κ2) is 14.8. The first-order chi connectivity index (χ1) is 26.1. The summed E-state index contributed by atoms with van der Waals surface area (Å²) in [5, 5.41) is 0. The maximum Gasteiger partial charge on any atom is 0.100 e. The number of fused-ring (bicyclic) bond motifs is 1. The lowest BCUT2D eigenvalue weighted by molar-refractivity contribution is 0.162. The van der Waals surface area contributed by atoms with Crippen LogP contribution in [0.25, 0.3) is 0 Å². The van der Waals surface area contributed by atoms with Gasteiger partial charge < -0.3 is 0 Å². The minimum absolute atomic E-state index is 0.0155. The molecule has 1 nitrogen and oxygen atoms in total. The highest BCUT2D eigenvalue weighted by molar-refractivity contribution is 6.11. The topological polar surface area (TPSA) is 12.4 Å². The van der Waals surface area contributed by atoms with Gasteiger partial charge in [-0.2, -0.15) is 0 Å². The van der Waals surface area contributed by atoms with E-state index in [4.69, 9.17) is 11.6 Å². The van der Waals surface area contributed by atoms with Crippen molar-refractivity contribution in [2.45, 2.75) is 123 Å². The third-order valence-electron chi connectivity index (χ3n) is 14.7. The lowest BCUT2D eigenvalue weighted by Crippen LogP contribution is -2.48. The fourth-order valence-electron chi connectivity index (χ4n) is 12.1. The molecule has 1 aliphatic heterocycles. The van der Waals surface area contributed by atoms with E-state index in [0.29, 0.717) is 29.6 Å². The van der Waals surface area contributed by atoms with Crippen molar-refractivity contribution in [1.82, 2.24) is 0 Å². The Hall–Kier alpha value is -3.71. The Labute approximate surface area is 320 Å². The Morgan fingerprint density at radius 3 is 2.53 bits per heavy atom. The van der Waals surface area contributed by atoms with Crippen molar-refractivity contribution in [2.24, 2.45) is 40.0 Å². The summed E-state index contributed by atoms with van der Waals surface area (Å²) in [7, 11) is 0. The minimum Gasteiger partial charge on any atom is -0.272 e. The Bertz CT molecular complexity index is 1940. The SMILES string of the molecule is C=C1C(C2=CC(C3C=C(C4(C5C=CCCC5)C5=C(C=CCC5)C(C)C5=CCCCC54)C=CC3)=CCC2)=CC(C2=CCCC2CC)=NC1C1=CCCC=C1. The van der Waals surface area contributed by atoms with Crippen LogP contribution in [-0.2, 0) is 0 Å². The van der Waals surface area contributed by atoms with E-state index in [9.17, 15) is 0 Å². The highest BCUT2D eigenvalue weighted by atomic mass is 14.8. The second-order valence-electron chi connectivity index (χ2n) is 17.4. The molecule has 0 radical (unpaired) electrons. The van der Waals surface area contributed by atoms with E-state index < -0.39 is 0 Å². The van der Waals surface area contributed by atoms with E-state index in [2.05, 4.69) is 105 Å². The number of dihydropyridines is 1. The third-order valence-corrected chi connectivity index (χ3v) is 14.7. The van der Waals surface area contributed by atoms with Gasteiger partial charge in [-0.25, -0.2) is 0 Å². The van der Waals surface area contributed by atoms with E-state index in [1.807, 2.05) is 0 Å². The maximum absolute atomic E-state index is 5.48. The molecule has 7 unspecified atom stereocenters. The number of rotatable bonds is 7. The molecule has 0 spiro atoms. The second-order valence-corrected chi connectivity index (χ2v) is 17.4. The monoisotopic (exact) mass is 699 g/mol. The Morgan fingerprint density at radius 1 is 0.792 bits per heavy atom. The number of aliphatic imine (C=N–C) groups is 1. The van der Waals surface area contributed by atoms with Crippen LogP contribution in [0.1, 0.15) is 117 Å². The van der Waals surface area contributed by atoms with E-state index in [0.717, 1.165) is 32.1 Å². The summed E-state index contributed by atoms with van der Waals surface area (Å²) < 4.78 is 0. The molecular weight excluding hydrogens is 639 g/mol. The zero-order valence-corrected chi connectivity index (χ0v) is 32.6. The fourth-order valence-corrected chi connectivity index (χ4v) is 12.1. The van der Waals surface area contributed by atoms with Gasteiger partial charge in [-0.3, -0.25) is 4.99 Å². The molecule has 0 N–H and O–H groups in total. The van der Waals surface area contributed by atoms with Crippen LogP contribution < -0.4 is 0 Å². The van der Waals surface area contributed by atoms with Crippen molar-refractivity contribution < 1.29 is 0 Å². The van der Waals surface area contributed by atoms with E-state index in [1.54, 1.807) is 22.3 Å². The van der Waals surface area contributed by atoms with Crippen LogP contribution >= 0.6 is 0 Å². The van der Waals surface area contributed by atoms with Gasteiger partial charge >= 0.3 is 0 Å². The van der Waals surface area contributed by atoms with Crippen LogP contribution in [0.3, 0.4) is 0 Å². The third kappa shape index (κ3) is 6.10. The van der Waals surface area contributed by atoms with Gasteiger partial charge in [0, 0.05) is 17.3 Å². The molecule has 274 valence electrons. The lowest BCUT2D eigenvalue weighted by atomic mass is 9.46. The Kier molecular flexibility index (Phi) is 9.81. The van der Waals surface area contributed by atoms with Crippen molar-refractivity contribution in [2.75, 3.05) is 0 Å². The smallest absolute Gasteiger partial charge is 0.100 e. The maximum atomic E-state index is 5.48. The fraction of sp³-hybridized carbons (Fsp3) is 0.481. The summed E-state index contributed by atoms with van der Waals surface area (Å²) in [5.41, 5.74) is 16.4. The van der Waals surface area contributed by atoms with Crippen LogP contribution in [-0.4, -0.2) is 11.8 Å². The number of nitrogens with zero attached hydrogens (tertiary/aromatic N) is 1. The quantitative estimate of drug-likeness (QED) is 0.235. The Morgan fingerprint density at radius 2 is 1.68 bits per heavy atom. The van der Waals surface area contributed by atoms with Gasteiger partial charge in [0.1, 0.15) is 6.04 Å². The predicted octanol–water partition coefficient (Wildman–Crippen LogP) is 13.8. The molecule has 0 aromatic rings. The molecule has 9 aliphatic rings. The van der Waals surface area contributed by atoms with Gasteiger partial charge in [0.2, 0.25) is 0 Å². The molecule has 1 heterocycles. The van der Waals surface area contributed by atoms with Crippen LogP contribution in [0.2, 0.25) is 0 Å². The first kappa shape index (κ1) is 35.0. The van der Waals surface area contributed by atoms with Crippen molar-refractivity contribution >= 4 is 5.71 Å². The summed E-state index contributed by atoms with van der Waals surface area (Å²) in [6.45, 7) is 9.67. The summed E-state index contributed by atoms with van der Waals surface area (Å²) >= 11 is 0. The van der Waals surface area contributed by atoms with Crippen molar-refractivity contribution in [3.8, 4) is 0 Å². The molecule has 0 bridgehead atoms. The normalized spacial score (nSPS) is 35.3. The molecule has 0 aromatic heterocycles. The average molecular weight is 700 g/mol. The first-order valence-electron chi connectivity index (χ1n) is 21.7. The van der Waals surface area contributed by atoms with E-state index in [1.165, 1.54) is 110 Å². The van der Waals surface area contributed by atoms with Crippen molar-refractivity contribution in [3.05, 3.63) is 153 Å². The molecule has 0 aromatic carbocycles. The van der Waals surface area contributed by atoms with Crippen LogP contribution in [0, 0.1) is 35.0 Å². The van der Waals surface area contributed by atoms with Gasteiger partial charge in [-0.05, 0) is 171 Å². The highest BCUT2D eigenvalue weighted by Crippen LogP contribution is 2.65. The zero-order chi connectivity index (χ0) is 35.9. The predicted molar refractivity (Wildman–Crippen MR) is 226 cm³/mol. The highest BCUT2D eigenvalue weighted by Gasteiger charge is 2.55. The first-order valence-corrected chi connectivity index (χ1v) is 21.7. The molecule has 7 atom stereocenters.